The van der Waals surface area contributed by atoms with E-state index in [-0.39, 0.29) is 16.1 Å². The molecule has 0 saturated carbocycles. The summed E-state index contributed by atoms with van der Waals surface area (Å²) in [6.07, 6.45) is 0. The third-order valence-electron chi connectivity index (χ3n) is 2.64. The Hall–Kier alpha value is -2.90. The third-order valence-corrected chi connectivity index (χ3v) is 4.01. The maximum atomic E-state index is 13.4. The minimum atomic E-state index is -4.01. The number of sulfonamides is 1. The second-order valence-electron chi connectivity index (χ2n) is 4.02. The monoisotopic (exact) mass is 301 g/mol. The Morgan fingerprint density at radius 3 is 2.43 bits per heavy atom. The van der Waals surface area contributed by atoms with Crippen molar-refractivity contribution in [3.63, 3.8) is 0 Å². The Balaban J connectivity index is 2.46. The molecule has 0 fully saturated rings. The third kappa shape index (κ3) is 2.99. The number of halogens is 1. The fourth-order valence-electron chi connectivity index (χ4n) is 1.66. The quantitative estimate of drug-likeness (QED) is 0.941. The van der Waals surface area contributed by atoms with Crippen LogP contribution in [0.25, 0.3) is 0 Å². The molecule has 0 amide bonds. The van der Waals surface area contributed by atoms with Crippen LogP contribution < -0.4 is 4.72 Å². The van der Waals surface area contributed by atoms with Gasteiger partial charge in [0.05, 0.1) is 22.2 Å². The van der Waals surface area contributed by atoms with E-state index in [9.17, 15) is 12.8 Å². The lowest BCUT2D eigenvalue weighted by atomic mass is 10.2. The highest BCUT2D eigenvalue weighted by Crippen LogP contribution is 2.22. The Kier molecular flexibility index (Phi) is 3.88. The summed E-state index contributed by atoms with van der Waals surface area (Å²) in [5.74, 6) is -0.816. The maximum Gasteiger partial charge on any atom is 0.261 e. The van der Waals surface area contributed by atoms with Gasteiger partial charge in [0.1, 0.15) is 17.4 Å². The first kappa shape index (κ1) is 14.5. The molecule has 2 aromatic carbocycles. The molecule has 0 bridgehead atoms. The summed E-state index contributed by atoms with van der Waals surface area (Å²) >= 11 is 0. The molecule has 0 unspecified atom stereocenters. The zero-order chi connectivity index (χ0) is 15.5. The molecule has 0 saturated heterocycles. The predicted molar refractivity (Wildman–Crippen MR) is 73.1 cm³/mol. The Morgan fingerprint density at radius 2 is 1.76 bits per heavy atom. The van der Waals surface area contributed by atoms with E-state index in [0.29, 0.717) is 0 Å². The van der Waals surface area contributed by atoms with E-state index < -0.39 is 21.4 Å². The van der Waals surface area contributed by atoms with Gasteiger partial charge in [-0.05, 0) is 30.3 Å². The van der Waals surface area contributed by atoms with E-state index >= 15 is 0 Å². The summed E-state index contributed by atoms with van der Waals surface area (Å²) in [4.78, 5) is -0.144. The molecular weight excluding hydrogens is 293 g/mol. The van der Waals surface area contributed by atoms with Crippen LogP contribution in [0.4, 0.5) is 10.1 Å². The molecule has 0 aliphatic rings. The molecule has 0 aliphatic heterocycles. The zero-order valence-corrected chi connectivity index (χ0v) is 11.4. The normalized spacial score (nSPS) is 10.4. The fourth-order valence-corrected chi connectivity index (χ4v) is 2.78. The van der Waals surface area contributed by atoms with E-state index in [0.717, 1.165) is 6.07 Å². The summed E-state index contributed by atoms with van der Waals surface area (Å²) < 4.78 is 40.0. The van der Waals surface area contributed by atoms with Crippen molar-refractivity contribution in [3.8, 4) is 12.1 Å². The molecule has 104 valence electrons. The number of nitrogens with one attached hydrogen (secondary N) is 1. The van der Waals surface area contributed by atoms with Gasteiger partial charge < -0.3 is 0 Å². The van der Waals surface area contributed by atoms with Crippen molar-refractivity contribution in [3.05, 3.63) is 59.4 Å². The maximum absolute atomic E-state index is 13.4. The summed E-state index contributed by atoms with van der Waals surface area (Å²) in [5, 5.41) is 17.7. The van der Waals surface area contributed by atoms with Crippen molar-refractivity contribution >= 4 is 15.7 Å². The topological polar surface area (TPSA) is 93.8 Å². The smallest absolute Gasteiger partial charge is 0.261 e. The van der Waals surface area contributed by atoms with Gasteiger partial charge >= 0.3 is 0 Å². The second-order valence-corrected chi connectivity index (χ2v) is 5.70. The summed E-state index contributed by atoms with van der Waals surface area (Å²) in [5.41, 5.74) is -0.366. The number of hydrogen-bond donors (Lipinski definition) is 1. The van der Waals surface area contributed by atoms with Gasteiger partial charge in [0, 0.05) is 0 Å². The first-order chi connectivity index (χ1) is 9.97. The molecule has 21 heavy (non-hydrogen) atoms. The summed E-state index contributed by atoms with van der Waals surface area (Å²) in [6.45, 7) is 0. The van der Waals surface area contributed by atoms with Crippen LogP contribution in [-0.2, 0) is 10.0 Å². The molecule has 2 rings (SSSR count). The molecule has 1 N–H and O–H groups in total. The van der Waals surface area contributed by atoms with Crippen LogP contribution in [-0.4, -0.2) is 8.42 Å². The molecular formula is C14H8FN3O2S. The number of anilines is 1. The summed E-state index contributed by atoms with van der Waals surface area (Å²) in [6, 6.07) is 12.4. The molecule has 2 aromatic rings. The van der Waals surface area contributed by atoms with Gasteiger partial charge in [-0.2, -0.15) is 10.5 Å². The second kappa shape index (κ2) is 5.61. The lowest BCUT2D eigenvalue weighted by Crippen LogP contribution is -2.14. The van der Waals surface area contributed by atoms with Crippen molar-refractivity contribution in [2.24, 2.45) is 0 Å². The molecule has 0 atom stereocenters. The van der Waals surface area contributed by atoms with E-state index in [2.05, 4.69) is 4.72 Å². The van der Waals surface area contributed by atoms with Crippen molar-refractivity contribution in [1.29, 1.82) is 10.5 Å². The predicted octanol–water partition coefficient (Wildman–Crippen LogP) is 2.37. The summed E-state index contributed by atoms with van der Waals surface area (Å²) in [7, 11) is -4.01. The SMILES string of the molecule is N#Cc1cccc(S(=O)(=O)Nc2cccc(F)c2C#N)c1. The van der Waals surface area contributed by atoms with Gasteiger partial charge in [-0.3, -0.25) is 4.72 Å². The number of nitriles is 2. The number of rotatable bonds is 3. The van der Waals surface area contributed by atoms with Gasteiger partial charge in [-0.1, -0.05) is 12.1 Å². The van der Waals surface area contributed by atoms with Crippen molar-refractivity contribution in [2.75, 3.05) is 4.72 Å². The Bertz CT molecular complexity index is 880. The van der Waals surface area contributed by atoms with Crippen LogP contribution in [0, 0.1) is 28.5 Å². The largest absolute Gasteiger partial charge is 0.278 e. The van der Waals surface area contributed by atoms with Gasteiger partial charge in [-0.25, -0.2) is 12.8 Å². The molecule has 0 spiro atoms. The highest BCUT2D eigenvalue weighted by atomic mass is 32.2. The molecule has 7 heteroatoms. The molecule has 0 heterocycles. The van der Waals surface area contributed by atoms with Crippen molar-refractivity contribution < 1.29 is 12.8 Å². The minimum absolute atomic E-state index is 0.144. The fraction of sp³-hybridized carbons (Fsp3) is 0. The first-order valence-electron chi connectivity index (χ1n) is 5.69. The van der Waals surface area contributed by atoms with Gasteiger partial charge in [0.25, 0.3) is 10.0 Å². The number of benzene rings is 2. The molecule has 0 aliphatic carbocycles. The lowest BCUT2D eigenvalue weighted by Gasteiger charge is -2.09. The van der Waals surface area contributed by atoms with E-state index in [1.165, 1.54) is 36.4 Å². The van der Waals surface area contributed by atoms with E-state index in [4.69, 9.17) is 10.5 Å². The average molecular weight is 301 g/mol. The van der Waals surface area contributed by atoms with E-state index in [1.54, 1.807) is 6.07 Å². The van der Waals surface area contributed by atoms with Gasteiger partial charge in [0.15, 0.2) is 0 Å². The number of hydrogen-bond acceptors (Lipinski definition) is 4. The Morgan fingerprint density at radius 1 is 1.05 bits per heavy atom. The lowest BCUT2D eigenvalue weighted by molar-refractivity contribution is 0.601. The average Bonchev–Trinajstić information content (AvgIpc) is 2.47. The van der Waals surface area contributed by atoms with Crippen LogP contribution in [0.1, 0.15) is 11.1 Å². The van der Waals surface area contributed by atoms with Crippen LogP contribution >= 0.6 is 0 Å². The zero-order valence-electron chi connectivity index (χ0n) is 10.5. The van der Waals surface area contributed by atoms with Crippen LogP contribution in [0.15, 0.2) is 47.4 Å². The Labute approximate surface area is 120 Å². The van der Waals surface area contributed by atoms with E-state index in [1.807, 2.05) is 6.07 Å². The van der Waals surface area contributed by atoms with Crippen LogP contribution in [0.5, 0.6) is 0 Å². The van der Waals surface area contributed by atoms with Crippen molar-refractivity contribution in [2.45, 2.75) is 4.90 Å². The minimum Gasteiger partial charge on any atom is -0.278 e. The molecule has 0 aromatic heterocycles. The van der Waals surface area contributed by atoms with Crippen LogP contribution in [0.3, 0.4) is 0 Å². The van der Waals surface area contributed by atoms with Crippen LogP contribution in [0.2, 0.25) is 0 Å². The molecule has 5 nitrogen and oxygen atoms in total. The highest BCUT2D eigenvalue weighted by molar-refractivity contribution is 7.92. The van der Waals surface area contributed by atoms with Gasteiger partial charge in [0.2, 0.25) is 0 Å². The highest BCUT2D eigenvalue weighted by Gasteiger charge is 2.18. The number of nitrogens with zero attached hydrogens (tertiary/aromatic N) is 2. The van der Waals surface area contributed by atoms with Crippen molar-refractivity contribution in [1.82, 2.24) is 0 Å². The van der Waals surface area contributed by atoms with Gasteiger partial charge in [-0.15, -0.1) is 0 Å². The first-order valence-corrected chi connectivity index (χ1v) is 7.18. The standard InChI is InChI=1S/C14H8FN3O2S/c15-13-5-2-6-14(12(13)9-17)18-21(19,20)11-4-1-3-10(7-11)8-16/h1-7,18H. The molecule has 0 radical (unpaired) electrons.